The van der Waals surface area contributed by atoms with Crippen LogP contribution < -0.4 is 0 Å². The van der Waals surface area contributed by atoms with Crippen molar-refractivity contribution in [2.75, 3.05) is 13.2 Å². The van der Waals surface area contributed by atoms with Crippen LogP contribution in [0, 0.1) is 0 Å². The van der Waals surface area contributed by atoms with Gasteiger partial charge in [-0.2, -0.15) is 0 Å². The van der Waals surface area contributed by atoms with Gasteiger partial charge in [0.25, 0.3) is 0 Å². The predicted molar refractivity (Wildman–Crippen MR) is 307 cm³/mol. The summed E-state index contributed by atoms with van der Waals surface area (Å²) in [6.45, 7) is 6.67. The Kier molecular flexibility index (Phi) is 58.2. The van der Waals surface area contributed by atoms with Crippen LogP contribution >= 0.6 is 0 Å². The minimum Gasteiger partial charge on any atom is -0.462 e. The van der Waals surface area contributed by atoms with Crippen molar-refractivity contribution < 1.29 is 28.6 Å². The van der Waals surface area contributed by atoms with E-state index in [0.29, 0.717) is 19.3 Å². The SMILES string of the molecule is CCCCCCCCC/C=C\C=C/CCCCCCCC(=O)OC(COC(=O)CCCCCCC/C=C\CCCCCCCCC)COC(=O)CCCCCCCCCCCCCCCCCCCCC. The third-order valence-electron chi connectivity index (χ3n) is 14.1. The van der Waals surface area contributed by atoms with E-state index in [2.05, 4.69) is 57.2 Å². The van der Waals surface area contributed by atoms with Gasteiger partial charge in [0.15, 0.2) is 6.10 Å². The number of rotatable bonds is 58. The summed E-state index contributed by atoms with van der Waals surface area (Å²) in [6, 6.07) is 0. The molecular formula is C65H120O6. The Labute approximate surface area is 442 Å². The topological polar surface area (TPSA) is 78.9 Å². The largest absolute Gasteiger partial charge is 0.462 e. The average molecular weight is 998 g/mol. The molecule has 0 aromatic carbocycles. The van der Waals surface area contributed by atoms with Gasteiger partial charge in [0, 0.05) is 19.3 Å². The fourth-order valence-electron chi connectivity index (χ4n) is 9.37. The van der Waals surface area contributed by atoms with Gasteiger partial charge in [0.05, 0.1) is 0 Å². The number of unbranched alkanes of at least 4 members (excludes halogenated alkanes) is 42. The van der Waals surface area contributed by atoms with E-state index < -0.39 is 6.10 Å². The van der Waals surface area contributed by atoms with E-state index in [1.165, 1.54) is 218 Å². The maximum absolute atomic E-state index is 12.9. The monoisotopic (exact) mass is 997 g/mol. The van der Waals surface area contributed by atoms with Crippen molar-refractivity contribution in [1.29, 1.82) is 0 Å². The number of hydrogen-bond acceptors (Lipinski definition) is 6. The number of carbonyl (C=O) groups excluding carboxylic acids is 3. The summed E-state index contributed by atoms with van der Waals surface area (Å²) in [5, 5.41) is 0. The summed E-state index contributed by atoms with van der Waals surface area (Å²) >= 11 is 0. The zero-order chi connectivity index (χ0) is 51.4. The molecule has 0 fully saturated rings. The van der Waals surface area contributed by atoms with Crippen molar-refractivity contribution in [3.05, 3.63) is 36.5 Å². The molecule has 0 radical (unpaired) electrons. The van der Waals surface area contributed by atoms with Crippen LogP contribution in [0.3, 0.4) is 0 Å². The van der Waals surface area contributed by atoms with Crippen molar-refractivity contribution in [1.82, 2.24) is 0 Å². The first kappa shape index (κ1) is 68.6. The second-order valence-electron chi connectivity index (χ2n) is 21.4. The Morgan fingerprint density at radius 1 is 0.282 bits per heavy atom. The Morgan fingerprint density at radius 2 is 0.507 bits per heavy atom. The van der Waals surface area contributed by atoms with Crippen molar-refractivity contribution in [3.8, 4) is 0 Å². The lowest BCUT2D eigenvalue weighted by atomic mass is 10.0. The van der Waals surface area contributed by atoms with Gasteiger partial charge in [0.2, 0.25) is 0 Å². The molecule has 71 heavy (non-hydrogen) atoms. The van der Waals surface area contributed by atoms with Crippen LogP contribution in [0.2, 0.25) is 0 Å². The quantitative estimate of drug-likeness (QED) is 0.0199. The molecule has 0 heterocycles. The molecule has 0 N–H and O–H groups in total. The maximum atomic E-state index is 12.9. The zero-order valence-corrected chi connectivity index (χ0v) is 47.8. The van der Waals surface area contributed by atoms with Crippen LogP contribution in [0.4, 0.5) is 0 Å². The van der Waals surface area contributed by atoms with E-state index in [9.17, 15) is 14.4 Å². The summed E-state index contributed by atoms with van der Waals surface area (Å²) < 4.78 is 16.9. The van der Waals surface area contributed by atoms with Gasteiger partial charge < -0.3 is 14.2 Å². The molecular weight excluding hydrogens is 877 g/mol. The molecule has 0 saturated heterocycles. The van der Waals surface area contributed by atoms with Gasteiger partial charge in [-0.3, -0.25) is 14.4 Å². The van der Waals surface area contributed by atoms with Crippen molar-refractivity contribution >= 4 is 17.9 Å². The third-order valence-corrected chi connectivity index (χ3v) is 14.1. The highest BCUT2D eigenvalue weighted by Gasteiger charge is 2.19. The lowest BCUT2D eigenvalue weighted by molar-refractivity contribution is -0.167. The van der Waals surface area contributed by atoms with E-state index >= 15 is 0 Å². The molecule has 6 heteroatoms. The van der Waals surface area contributed by atoms with Gasteiger partial charge in [-0.25, -0.2) is 0 Å². The molecule has 1 unspecified atom stereocenters. The molecule has 1 atom stereocenters. The van der Waals surface area contributed by atoms with E-state index in [0.717, 1.165) is 83.5 Å². The lowest BCUT2D eigenvalue weighted by Gasteiger charge is -2.18. The van der Waals surface area contributed by atoms with Gasteiger partial charge >= 0.3 is 17.9 Å². The van der Waals surface area contributed by atoms with Crippen LogP contribution in [0.15, 0.2) is 36.5 Å². The number of carbonyl (C=O) groups is 3. The summed E-state index contributed by atoms with van der Waals surface area (Å²) in [6.07, 6.45) is 72.8. The minimum atomic E-state index is -0.782. The van der Waals surface area contributed by atoms with Gasteiger partial charge in [-0.1, -0.05) is 288 Å². The highest BCUT2D eigenvalue weighted by molar-refractivity contribution is 5.71. The molecule has 0 aromatic rings. The van der Waals surface area contributed by atoms with Crippen LogP contribution in [-0.2, 0) is 28.6 Å². The first-order chi connectivity index (χ1) is 35.0. The average Bonchev–Trinajstić information content (AvgIpc) is 3.37. The summed E-state index contributed by atoms with van der Waals surface area (Å²) in [7, 11) is 0. The molecule has 6 nitrogen and oxygen atoms in total. The maximum Gasteiger partial charge on any atom is 0.306 e. The van der Waals surface area contributed by atoms with Gasteiger partial charge in [0.1, 0.15) is 13.2 Å². The van der Waals surface area contributed by atoms with E-state index in [1.807, 2.05) is 0 Å². The Morgan fingerprint density at radius 3 is 0.789 bits per heavy atom. The number of allylic oxidation sites excluding steroid dienone is 6. The Bertz CT molecular complexity index is 1190. The highest BCUT2D eigenvalue weighted by Crippen LogP contribution is 2.17. The third kappa shape index (κ3) is 58.4. The molecule has 0 aliphatic rings. The standard InChI is InChI=1S/C65H120O6/c1-4-7-10-13-16-19-22-25-28-31-33-35-37-40-43-46-49-52-55-58-64(67)70-61-62(60-69-63(66)57-54-51-48-45-42-39-36-30-27-24-21-18-15-12-9-6-3)71-65(68)59-56-53-50-47-44-41-38-34-32-29-26-23-20-17-14-11-8-5-2/h29-30,32,34,36,38,62H,4-28,31,33,35,37,39-61H2,1-3H3/b32-29-,36-30-,38-34-. The summed E-state index contributed by atoms with van der Waals surface area (Å²) in [4.78, 5) is 38.3. The van der Waals surface area contributed by atoms with Crippen LogP contribution in [-0.4, -0.2) is 37.2 Å². The fraction of sp³-hybridized carbons (Fsp3) is 0.862. The minimum absolute atomic E-state index is 0.0771. The summed E-state index contributed by atoms with van der Waals surface area (Å²) in [5.74, 6) is -0.878. The second kappa shape index (κ2) is 60.2. The molecule has 0 aliphatic heterocycles. The number of esters is 3. The molecule has 416 valence electrons. The zero-order valence-electron chi connectivity index (χ0n) is 47.8. The predicted octanol–water partition coefficient (Wildman–Crippen LogP) is 21.2. The van der Waals surface area contributed by atoms with Crippen molar-refractivity contribution in [3.63, 3.8) is 0 Å². The first-order valence-electron chi connectivity index (χ1n) is 31.5. The number of hydrogen-bond donors (Lipinski definition) is 0. The van der Waals surface area contributed by atoms with Crippen LogP contribution in [0.5, 0.6) is 0 Å². The van der Waals surface area contributed by atoms with Gasteiger partial charge in [-0.15, -0.1) is 0 Å². The smallest absolute Gasteiger partial charge is 0.306 e. The van der Waals surface area contributed by atoms with Crippen LogP contribution in [0.25, 0.3) is 0 Å². The van der Waals surface area contributed by atoms with Gasteiger partial charge in [-0.05, 0) is 70.6 Å². The van der Waals surface area contributed by atoms with Crippen molar-refractivity contribution in [2.24, 2.45) is 0 Å². The Hall–Kier alpha value is -2.37. The van der Waals surface area contributed by atoms with E-state index in [4.69, 9.17) is 14.2 Å². The highest BCUT2D eigenvalue weighted by atomic mass is 16.6. The number of ether oxygens (including phenoxy) is 3. The molecule has 0 aromatic heterocycles. The molecule has 0 amide bonds. The molecule has 0 saturated carbocycles. The van der Waals surface area contributed by atoms with Crippen molar-refractivity contribution in [2.45, 2.75) is 348 Å². The molecule has 0 bridgehead atoms. The molecule has 0 rings (SSSR count). The van der Waals surface area contributed by atoms with Crippen LogP contribution in [0.1, 0.15) is 342 Å². The first-order valence-corrected chi connectivity index (χ1v) is 31.5. The normalized spacial score (nSPS) is 12.2. The van der Waals surface area contributed by atoms with E-state index in [1.54, 1.807) is 0 Å². The Balaban J connectivity index is 4.36. The van der Waals surface area contributed by atoms with E-state index in [-0.39, 0.29) is 31.1 Å². The lowest BCUT2D eigenvalue weighted by Crippen LogP contribution is -2.30. The fourth-order valence-corrected chi connectivity index (χ4v) is 9.37. The summed E-state index contributed by atoms with van der Waals surface area (Å²) in [5.41, 5.74) is 0. The molecule has 0 spiro atoms. The molecule has 0 aliphatic carbocycles. The second-order valence-corrected chi connectivity index (χ2v) is 21.4.